The highest BCUT2D eigenvalue weighted by Crippen LogP contribution is 1.92. The Kier molecular flexibility index (Phi) is 6.36. The third kappa shape index (κ3) is 6.19. The molecule has 2 atom stereocenters. The second kappa shape index (κ2) is 6.49. The van der Waals surface area contributed by atoms with E-state index in [2.05, 4.69) is 0 Å². The maximum atomic E-state index is 10.9. The topological polar surface area (TPSA) is 34.1 Å². The van der Waals surface area contributed by atoms with E-state index in [0.717, 1.165) is 0 Å². The van der Waals surface area contributed by atoms with Gasteiger partial charge in [0, 0.05) is 0 Å². The van der Waals surface area contributed by atoms with Crippen LogP contribution in [0.4, 0.5) is 0 Å². The molecule has 0 bridgehead atoms. The van der Waals surface area contributed by atoms with E-state index < -0.39 is 21.6 Å². The molecule has 0 spiro atoms. The van der Waals surface area contributed by atoms with Crippen LogP contribution >= 0.6 is 0 Å². The van der Waals surface area contributed by atoms with Gasteiger partial charge in [-0.1, -0.05) is 12.2 Å². The van der Waals surface area contributed by atoms with Crippen molar-refractivity contribution in [3.8, 4) is 0 Å². The van der Waals surface area contributed by atoms with Gasteiger partial charge in [-0.05, 0) is 24.7 Å². The van der Waals surface area contributed by atoms with E-state index >= 15 is 0 Å². The summed E-state index contributed by atoms with van der Waals surface area (Å²) in [5, 5.41) is 3.29. The molecule has 0 saturated carbocycles. The molecule has 0 aliphatic carbocycles. The largest absolute Gasteiger partial charge is 0.254 e. The van der Waals surface area contributed by atoms with Gasteiger partial charge in [-0.3, -0.25) is 8.42 Å². The first-order valence-electron chi connectivity index (χ1n) is 3.20. The predicted molar refractivity (Wildman–Crippen MR) is 50.8 cm³/mol. The second-order valence-corrected chi connectivity index (χ2v) is 4.83. The molecule has 11 heavy (non-hydrogen) atoms. The van der Waals surface area contributed by atoms with Gasteiger partial charge in [0.2, 0.25) is 0 Å². The summed E-state index contributed by atoms with van der Waals surface area (Å²) < 4.78 is 21.9. The van der Waals surface area contributed by atoms with Gasteiger partial charge in [0.15, 0.2) is 0 Å². The van der Waals surface area contributed by atoms with Crippen molar-refractivity contribution in [2.75, 3.05) is 5.08 Å². The van der Waals surface area contributed by atoms with Crippen molar-refractivity contribution in [2.45, 2.75) is 13.8 Å². The number of hydrogen-bond donors (Lipinski definition) is 0. The first kappa shape index (κ1) is 10.8. The van der Waals surface area contributed by atoms with Crippen molar-refractivity contribution in [1.82, 2.24) is 0 Å². The SMILES string of the molecule is CC=CS(=O)CS(=O)C=CC. The Morgan fingerprint density at radius 3 is 1.64 bits per heavy atom. The molecule has 2 nitrogen and oxygen atoms in total. The molecule has 0 saturated heterocycles. The minimum atomic E-state index is -1.08. The standard InChI is InChI=1S/C7H12O2S2/c1-3-5-10(8)7-11(9)6-4-2/h3-6H,7H2,1-2H3. The molecule has 2 unspecified atom stereocenters. The van der Waals surface area contributed by atoms with Gasteiger partial charge in [-0.25, -0.2) is 0 Å². The summed E-state index contributed by atoms with van der Waals surface area (Å²) in [5.74, 6) is 0. The summed E-state index contributed by atoms with van der Waals surface area (Å²) in [4.78, 5) is 0. The summed E-state index contributed by atoms with van der Waals surface area (Å²) >= 11 is 0. The zero-order chi connectivity index (χ0) is 8.69. The van der Waals surface area contributed by atoms with E-state index in [1.165, 1.54) is 0 Å². The molecule has 0 radical (unpaired) electrons. The lowest BCUT2D eigenvalue weighted by Crippen LogP contribution is -1.98. The van der Waals surface area contributed by atoms with Crippen LogP contribution in [-0.4, -0.2) is 13.5 Å². The monoisotopic (exact) mass is 192 g/mol. The summed E-state index contributed by atoms with van der Waals surface area (Å²) in [6.45, 7) is 3.58. The zero-order valence-corrected chi connectivity index (χ0v) is 8.28. The van der Waals surface area contributed by atoms with Crippen molar-refractivity contribution in [2.24, 2.45) is 0 Å². The summed E-state index contributed by atoms with van der Waals surface area (Å²) in [7, 11) is -2.17. The highest BCUT2D eigenvalue weighted by molar-refractivity contribution is 8.04. The number of allylic oxidation sites excluding steroid dienone is 2. The molecule has 0 aliphatic heterocycles. The van der Waals surface area contributed by atoms with Crippen LogP contribution in [0, 0.1) is 0 Å². The molecule has 0 aromatic carbocycles. The fourth-order valence-corrected chi connectivity index (χ4v) is 2.65. The quantitative estimate of drug-likeness (QED) is 0.676. The highest BCUT2D eigenvalue weighted by Gasteiger charge is 1.97. The van der Waals surface area contributed by atoms with Crippen LogP contribution in [-0.2, 0) is 21.6 Å². The maximum absolute atomic E-state index is 10.9. The smallest absolute Gasteiger partial charge is 0.107 e. The van der Waals surface area contributed by atoms with Gasteiger partial charge in [0.05, 0.1) is 21.6 Å². The van der Waals surface area contributed by atoms with E-state index in [-0.39, 0.29) is 5.08 Å². The number of rotatable bonds is 4. The van der Waals surface area contributed by atoms with E-state index in [1.54, 1.807) is 36.8 Å². The lowest BCUT2D eigenvalue weighted by atomic mass is 10.8. The van der Waals surface area contributed by atoms with Gasteiger partial charge >= 0.3 is 0 Å². The van der Waals surface area contributed by atoms with Crippen molar-refractivity contribution in [3.63, 3.8) is 0 Å². The third-order valence-electron chi connectivity index (χ3n) is 0.808. The Hall–Kier alpha value is -0.220. The Balaban J connectivity index is 3.85. The fraction of sp³-hybridized carbons (Fsp3) is 0.429. The van der Waals surface area contributed by atoms with Crippen molar-refractivity contribution < 1.29 is 8.42 Å². The Labute approximate surface area is 72.3 Å². The highest BCUT2D eigenvalue weighted by atomic mass is 32.2. The van der Waals surface area contributed by atoms with Gasteiger partial charge < -0.3 is 0 Å². The van der Waals surface area contributed by atoms with Crippen LogP contribution in [0.5, 0.6) is 0 Å². The normalized spacial score (nSPS) is 17.6. The molecule has 4 heteroatoms. The van der Waals surface area contributed by atoms with Gasteiger partial charge in [-0.2, -0.15) is 0 Å². The van der Waals surface area contributed by atoms with Crippen molar-refractivity contribution >= 4 is 21.6 Å². The molecule has 0 rings (SSSR count). The molecular weight excluding hydrogens is 180 g/mol. The van der Waals surface area contributed by atoms with E-state index in [1.807, 2.05) is 0 Å². The number of hydrogen-bond acceptors (Lipinski definition) is 2. The third-order valence-corrected chi connectivity index (χ3v) is 3.82. The summed E-state index contributed by atoms with van der Waals surface area (Å²) in [6.07, 6.45) is 3.39. The van der Waals surface area contributed by atoms with Crippen LogP contribution < -0.4 is 0 Å². The van der Waals surface area contributed by atoms with Gasteiger partial charge in [-0.15, -0.1) is 0 Å². The molecule has 0 amide bonds. The first-order chi connectivity index (χ1) is 5.20. The Morgan fingerprint density at radius 1 is 1.00 bits per heavy atom. The average Bonchev–Trinajstić information content (AvgIpc) is 1.87. The van der Waals surface area contributed by atoms with Crippen molar-refractivity contribution in [3.05, 3.63) is 23.0 Å². The van der Waals surface area contributed by atoms with Gasteiger partial charge in [0.25, 0.3) is 0 Å². The lowest BCUT2D eigenvalue weighted by Gasteiger charge is -1.90. The van der Waals surface area contributed by atoms with E-state index in [0.29, 0.717) is 0 Å². The zero-order valence-electron chi connectivity index (χ0n) is 6.65. The Morgan fingerprint density at radius 2 is 1.36 bits per heavy atom. The molecule has 0 aliphatic rings. The van der Waals surface area contributed by atoms with Crippen molar-refractivity contribution in [1.29, 1.82) is 0 Å². The first-order valence-corrected chi connectivity index (χ1v) is 5.97. The average molecular weight is 192 g/mol. The maximum Gasteiger partial charge on any atom is 0.107 e. The molecule has 64 valence electrons. The second-order valence-electron chi connectivity index (χ2n) is 1.82. The van der Waals surface area contributed by atoms with E-state index in [9.17, 15) is 8.42 Å². The van der Waals surface area contributed by atoms with Crippen LogP contribution in [0.1, 0.15) is 13.8 Å². The lowest BCUT2D eigenvalue weighted by molar-refractivity contribution is 0.685. The van der Waals surface area contributed by atoms with Gasteiger partial charge in [0.1, 0.15) is 5.08 Å². The van der Waals surface area contributed by atoms with Crippen LogP contribution in [0.3, 0.4) is 0 Å². The minimum absolute atomic E-state index is 0.203. The van der Waals surface area contributed by atoms with Crippen LogP contribution in [0.15, 0.2) is 23.0 Å². The van der Waals surface area contributed by atoms with E-state index in [4.69, 9.17) is 0 Å². The molecule has 0 N–H and O–H groups in total. The molecular formula is C7H12O2S2. The molecule has 0 aromatic heterocycles. The predicted octanol–water partition coefficient (Wildman–Crippen LogP) is 1.51. The molecule has 0 aromatic rings. The van der Waals surface area contributed by atoms with Crippen LogP contribution in [0.25, 0.3) is 0 Å². The summed E-state index contributed by atoms with van der Waals surface area (Å²) in [5.41, 5.74) is 0. The Bertz CT molecular complexity index is 184. The minimum Gasteiger partial charge on any atom is -0.254 e. The van der Waals surface area contributed by atoms with Crippen LogP contribution in [0.2, 0.25) is 0 Å². The summed E-state index contributed by atoms with van der Waals surface area (Å²) in [6, 6.07) is 0. The molecule has 0 fully saturated rings. The molecule has 0 heterocycles. The fourth-order valence-electron chi connectivity index (χ4n) is 0.497.